The lowest BCUT2D eigenvalue weighted by Crippen LogP contribution is -2.61. The first-order valence-corrected chi connectivity index (χ1v) is 15.7. The lowest BCUT2D eigenvalue weighted by atomic mass is 9.39. The molecule has 232 valence electrons. The molecule has 3 fully saturated rings. The molecular formula is C35H51NO6. The minimum Gasteiger partial charge on any atom is -0.469 e. The van der Waals surface area contributed by atoms with Crippen molar-refractivity contribution in [1.29, 1.82) is 5.26 Å². The van der Waals surface area contributed by atoms with E-state index in [1.165, 1.54) is 21.1 Å². The topological polar surface area (TPSA) is 111 Å². The third-order valence-corrected chi connectivity index (χ3v) is 11.6. The Morgan fingerprint density at radius 2 is 1.52 bits per heavy atom. The van der Waals surface area contributed by atoms with Gasteiger partial charge in [-0.15, -0.1) is 0 Å². The van der Waals surface area contributed by atoms with Crippen LogP contribution in [0.15, 0.2) is 23.3 Å². The van der Waals surface area contributed by atoms with Gasteiger partial charge in [-0.1, -0.05) is 60.1 Å². The molecule has 8 atom stereocenters. The number of ether oxygens (including phenoxy) is 2. The lowest BCUT2D eigenvalue weighted by Gasteiger charge is -2.63. The second kappa shape index (κ2) is 12.1. The molecule has 0 heterocycles. The number of carbonyl (C=O) groups excluding carboxylic acids is 4. The van der Waals surface area contributed by atoms with Crippen molar-refractivity contribution in [2.45, 2.75) is 100 Å². The van der Waals surface area contributed by atoms with Crippen LogP contribution in [0.3, 0.4) is 0 Å². The maximum atomic E-state index is 14.1. The number of fused-ring (bicyclic) bond motifs is 7. The first-order valence-electron chi connectivity index (χ1n) is 15.7. The molecule has 0 radical (unpaired) electrons. The van der Waals surface area contributed by atoms with Crippen molar-refractivity contribution in [2.24, 2.45) is 51.2 Å². The van der Waals surface area contributed by atoms with Gasteiger partial charge in [0.25, 0.3) is 0 Å². The summed E-state index contributed by atoms with van der Waals surface area (Å²) in [7, 11) is 2.83. The van der Waals surface area contributed by atoms with Crippen LogP contribution in [0.5, 0.6) is 0 Å². The maximum Gasteiger partial charge on any atom is 0.312 e. The molecule has 0 amide bonds. The van der Waals surface area contributed by atoms with Crippen molar-refractivity contribution in [3.8, 4) is 6.07 Å². The Labute approximate surface area is 252 Å². The zero-order valence-corrected chi connectivity index (χ0v) is 27.4. The van der Waals surface area contributed by atoms with Gasteiger partial charge in [-0.3, -0.25) is 19.2 Å². The van der Waals surface area contributed by atoms with E-state index in [-0.39, 0.29) is 69.5 Å². The number of methoxy groups -OCH3 is 2. The van der Waals surface area contributed by atoms with Gasteiger partial charge in [-0.05, 0) is 79.6 Å². The van der Waals surface area contributed by atoms with Crippen LogP contribution in [0.1, 0.15) is 100 Å². The highest BCUT2D eigenvalue weighted by Gasteiger charge is 2.66. The fraction of sp³-hybridized carbons (Fsp3) is 0.743. The first kappa shape index (κ1) is 33.7. The molecule has 0 aromatic carbocycles. The third kappa shape index (κ3) is 5.28. The molecule has 5 aliphatic rings. The van der Waals surface area contributed by atoms with Gasteiger partial charge in [0.2, 0.25) is 0 Å². The van der Waals surface area contributed by atoms with E-state index in [9.17, 15) is 24.4 Å². The van der Waals surface area contributed by atoms with Gasteiger partial charge in [0.15, 0.2) is 11.6 Å². The standard InChI is InChI=1S/C30H39NO4.C3H6O2.C2H6/c1-17-19-7-9-28(4)20-8-10-30(26(34)35-6)12-11-27(2,3)15-21(30)24(20)22(32)13-23(28)29(19,5)14-18(16-31)25(17)33;1-3(4)5-2;1-2/h13-14,17,19-21,24H,7-12,15H2,1-6H3;1-2H3;1-2H3. The van der Waals surface area contributed by atoms with Crippen molar-refractivity contribution in [3.05, 3.63) is 23.3 Å². The van der Waals surface area contributed by atoms with E-state index in [1.807, 2.05) is 32.9 Å². The van der Waals surface area contributed by atoms with Gasteiger partial charge in [0.05, 0.1) is 25.2 Å². The number of nitriles is 1. The zero-order chi connectivity index (χ0) is 31.8. The van der Waals surface area contributed by atoms with Crippen LogP contribution >= 0.6 is 0 Å². The van der Waals surface area contributed by atoms with E-state index < -0.39 is 10.8 Å². The zero-order valence-electron chi connectivity index (χ0n) is 27.4. The summed E-state index contributed by atoms with van der Waals surface area (Å²) in [5.41, 5.74) is 0.199. The second-order valence-electron chi connectivity index (χ2n) is 14.1. The van der Waals surface area contributed by atoms with Crippen molar-refractivity contribution < 1.29 is 28.7 Å². The molecule has 8 unspecified atom stereocenters. The van der Waals surface area contributed by atoms with Crippen LogP contribution in [0, 0.1) is 62.6 Å². The molecule has 7 nitrogen and oxygen atoms in total. The molecule has 0 N–H and O–H groups in total. The van der Waals surface area contributed by atoms with Gasteiger partial charge in [0.1, 0.15) is 6.07 Å². The fourth-order valence-corrected chi connectivity index (χ4v) is 9.45. The van der Waals surface area contributed by atoms with Crippen LogP contribution in [0.25, 0.3) is 0 Å². The number of hydrogen-bond donors (Lipinski definition) is 0. The van der Waals surface area contributed by atoms with Crippen molar-refractivity contribution in [1.82, 2.24) is 0 Å². The Hall–Kier alpha value is -2.75. The summed E-state index contributed by atoms with van der Waals surface area (Å²) in [4.78, 5) is 49.7. The molecule has 0 aliphatic heterocycles. The molecule has 0 aromatic rings. The quantitative estimate of drug-likeness (QED) is 0.313. The smallest absolute Gasteiger partial charge is 0.312 e. The van der Waals surface area contributed by atoms with E-state index in [1.54, 1.807) is 0 Å². The van der Waals surface area contributed by atoms with Crippen LogP contribution in [-0.2, 0) is 28.7 Å². The highest BCUT2D eigenvalue weighted by atomic mass is 16.5. The minimum atomic E-state index is -0.566. The average molecular weight is 582 g/mol. The summed E-state index contributed by atoms with van der Waals surface area (Å²) < 4.78 is 9.47. The van der Waals surface area contributed by atoms with Gasteiger partial charge in [-0.2, -0.15) is 5.26 Å². The first-order chi connectivity index (χ1) is 19.6. The number of hydrogen-bond acceptors (Lipinski definition) is 7. The molecule has 0 bridgehead atoms. The van der Waals surface area contributed by atoms with E-state index in [0.29, 0.717) is 0 Å². The van der Waals surface area contributed by atoms with E-state index >= 15 is 0 Å². The van der Waals surface area contributed by atoms with Crippen molar-refractivity contribution in [2.75, 3.05) is 14.2 Å². The Morgan fingerprint density at radius 3 is 2.07 bits per heavy atom. The highest BCUT2D eigenvalue weighted by molar-refractivity contribution is 6.02. The van der Waals surface area contributed by atoms with E-state index in [4.69, 9.17) is 4.74 Å². The Morgan fingerprint density at radius 1 is 0.929 bits per heavy atom. The SMILES string of the molecule is CC.COC(=O)C12CCC3C(C(=O)C=C4C5(C)C=C(C#N)C(=O)C(C)C5CCC43C)C1CC(C)(C)CC2.COC(C)=O. The molecule has 0 spiro atoms. The van der Waals surface area contributed by atoms with Crippen LogP contribution in [0.4, 0.5) is 0 Å². The largest absolute Gasteiger partial charge is 0.469 e. The van der Waals surface area contributed by atoms with E-state index in [0.717, 1.165) is 50.5 Å². The predicted molar refractivity (Wildman–Crippen MR) is 161 cm³/mol. The number of allylic oxidation sites excluding steroid dienone is 4. The average Bonchev–Trinajstić information content (AvgIpc) is 2.96. The Kier molecular flexibility index (Phi) is 9.72. The van der Waals surface area contributed by atoms with Crippen LogP contribution < -0.4 is 0 Å². The summed E-state index contributed by atoms with van der Waals surface area (Å²) in [6, 6.07) is 2.14. The summed E-state index contributed by atoms with van der Waals surface area (Å²) in [6.45, 7) is 16.3. The summed E-state index contributed by atoms with van der Waals surface area (Å²) in [5.74, 6) is -0.471. The number of nitrogens with zero attached hydrogens (tertiary/aromatic N) is 1. The monoisotopic (exact) mass is 581 g/mol. The molecule has 0 saturated heterocycles. The molecule has 5 aliphatic carbocycles. The number of rotatable bonds is 1. The maximum absolute atomic E-state index is 14.1. The van der Waals surface area contributed by atoms with Gasteiger partial charge < -0.3 is 9.47 Å². The summed E-state index contributed by atoms with van der Waals surface area (Å²) >= 11 is 0. The number of ketones is 2. The fourth-order valence-electron chi connectivity index (χ4n) is 9.45. The second-order valence-corrected chi connectivity index (χ2v) is 14.1. The van der Waals surface area contributed by atoms with Gasteiger partial charge in [0, 0.05) is 24.2 Å². The summed E-state index contributed by atoms with van der Waals surface area (Å²) in [6.07, 6.45) is 9.82. The molecule has 0 aromatic heterocycles. The van der Waals surface area contributed by atoms with Crippen molar-refractivity contribution >= 4 is 23.5 Å². The Balaban J connectivity index is 0.000000627. The van der Waals surface area contributed by atoms with Crippen LogP contribution in [0.2, 0.25) is 0 Å². The third-order valence-electron chi connectivity index (χ3n) is 11.6. The Bertz CT molecular complexity index is 1220. The molecule has 3 saturated carbocycles. The molecule has 5 rings (SSSR count). The number of carbonyl (C=O) groups is 4. The van der Waals surface area contributed by atoms with Crippen molar-refractivity contribution in [3.63, 3.8) is 0 Å². The van der Waals surface area contributed by atoms with Gasteiger partial charge in [-0.25, -0.2) is 0 Å². The van der Waals surface area contributed by atoms with Crippen LogP contribution in [-0.4, -0.2) is 37.7 Å². The number of Topliss-reactive ketones (excluding diaryl/α,β-unsaturated/α-hetero) is 1. The van der Waals surface area contributed by atoms with E-state index in [2.05, 4.69) is 38.5 Å². The minimum absolute atomic E-state index is 0.0119. The summed E-state index contributed by atoms with van der Waals surface area (Å²) in [5, 5.41) is 9.70. The normalized spacial score (nSPS) is 39.3. The molecule has 42 heavy (non-hydrogen) atoms. The molecule has 7 heteroatoms. The highest BCUT2D eigenvalue weighted by Crippen LogP contribution is 2.69. The molecular weight excluding hydrogens is 530 g/mol. The number of esters is 2. The predicted octanol–water partition coefficient (Wildman–Crippen LogP) is 6.80. The van der Waals surface area contributed by atoms with Gasteiger partial charge >= 0.3 is 11.9 Å². The lowest BCUT2D eigenvalue weighted by molar-refractivity contribution is -0.177.